The Bertz CT molecular complexity index is 346. The highest BCUT2D eigenvalue weighted by atomic mass is 32.2. The van der Waals surface area contributed by atoms with Crippen LogP contribution in [0.2, 0.25) is 0 Å². The quantitative estimate of drug-likeness (QED) is 0.355. The third-order valence-corrected chi connectivity index (χ3v) is 2.84. The predicted octanol–water partition coefficient (Wildman–Crippen LogP) is 1.36. The molecule has 7 heteroatoms. The molecule has 1 aromatic heterocycles. The Hall–Kier alpha value is -0.790. The largest absolute Gasteiger partial charge is 0.396 e. The fraction of sp³-hybridized carbons (Fsp3) is 0.286. The summed E-state index contributed by atoms with van der Waals surface area (Å²) in [6, 6.07) is 1.34. The summed E-state index contributed by atoms with van der Waals surface area (Å²) in [4.78, 5) is 14.2. The molecule has 0 unspecified atom stereocenters. The summed E-state index contributed by atoms with van der Waals surface area (Å²) in [7, 11) is 0. The third-order valence-electron chi connectivity index (χ3n) is 1.36. The number of aliphatic hydroxyl groups excluding tert-OH is 1. The van der Waals surface area contributed by atoms with Crippen molar-refractivity contribution in [2.75, 3.05) is 12.4 Å². The molecule has 1 N–H and O–H groups in total. The van der Waals surface area contributed by atoms with Gasteiger partial charge in [0.15, 0.2) is 0 Å². The van der Waals surface area contributed by atoms with Gasteiger partial charge in [-0.2, -0.15) is 0 Å². The maximum absolute atomic E-state index is 10.4. The molecule has 0 radical (unpaired) electrons. The molecule has 0 aromatic carbocycles. The fourth-order valence-electron chi connectivity index (χ4n) is 0.783. The summed E-state index contributed by atoms with van der Waals surface area (Å²) in [5.74, 6) is 0.498. The number of aliphatic hydroxyl groups is 1. The van der Waals surface area contributed by atoms with Crippen LogP contribution in [0.5, 0.6) is 0 Å². The average molecular weight is 232 g/mol. The molecule has 0 aliphatic heterocycles. The topological polar surface area (TPSA) is 76.3 Å². The molecular weight excluding hydrogens is 224 g/mol. The first kappa shape index (κ1) is 11.3. The molecule has 0 saturated heterocycles. The minimum absolute atomic E-state index is 0.0382. The molecule has 0 saturated carbocycles. The number of aromatic nitrogens is 1. The molecule has 0 fully saturated rings. The minimum atomic E-state index is -0.521. The molecule has 1 rings (SSSR count). The second-order valence-electron chi connectivity index (χ2n) is 2.35. The second kappa shape index (κ2) is 5.18. The number of nitro groups is 1. The Morgan fingerprint density at radius 2 is 2.43 bits per heavy atom. The van der Waals surface area contributed by atoms with Gasteiger partial charge in [-0.05, 0) is 0 Å². The van der Waals surface area contributed by atoms with E-state index in [1.807, 2.05) is 0 Å². The highest BCUT2D eigenvalue weighted by Crippen LogP contribution is 2.26. The Morgan fingerprint density at radius 3 is 2.93 bits per heavy atom. The van der Waals surface area contributed by atoms with Crippen molar-refractivity contribution in [3.8, 4) is 0 Å². The van der Waals surface area contributed by atoms with Gasteiger partial charge in [-0.25, -0.2) is 4.98 Å². The lowest BCUT2D eigenvalue weighted by molar-refractivity contribution is -0.385. The van der Waals surface area contributed by atoms with E-state index in [2.05, 4.69) is 17.6 Å². The van der Waals surface area contributed by atoms with Crippen LogP contribution in [0.15, 0.2) is 22.2 Å². The summed E-state index contributed by atoms with van der Waals surface area (Å²) in [6.45, 7) is 0.0382. The van der Waals surface area contributed by atoms with E-state index in [4.69, 9.17) is 5.11 Å². The lowest BCUT2D eigenvalue weighted by Gasteiger charge is -2.01. The molecule has 1 heterocycles. The molecule has 0 amide bonds. The van der Waals surface area contributed by atoms with Crippen LogP contribution in [-0.2, 0) is 0 Å². The van der Waals surface area contributed by atoms with Gasteiger partial charge in [-0.1, -0.05) is 0 Å². The molecule has 0 atom stereocenters. The fourth-order valence-corrected chi connectivity index (χ4v) is 1.79. The maximum atomic E-state index is 10.4. The van der Waals surface area contributed by atoms with E-state index in [0.29, 0.717) is 15.7 Å². The monoisotopic (exact) mass is 232 g/mol. The Morgan fingerprint density at radius 1 is 1.71 bits per heavy atom. The summed E-state index contributed by atoms with van der Waals surface area (Å²) in [6.07, 6.45) is 1.18. The molecule has 1 aromatic rings. The minimum Gasteiger partial charge on any atom is -0.396 e. The Kier molecular flexibility index (Phi) is 4.18. The number of hydrogen-bond donors (Lipinski definition) is 2. The highest BCUT2D eigenvalue weighted by Gasteiger charge is 2.09. The van der Waals surface area contributed by atoms with Crippen LogP contribution in [0.25, 0.3) is 0 Å². The molecule has 0 aliphatic carbocycles. The molecule has 0 spiro atoms. The van der Waals surface area contributed by atoms with E-state index in [-0.39, 0.29) is 12.3 Å². The van der Waals surface area contributed by atoms with Gasteiger partial charge in [-0.3, -0.25) is 10.1 Å². The van der Waals surface area contributed by atoms with Gasteiger partial charge in [-0.15, -0.1) is 24.4 Å². The standard InChI is InChI=1S/C7H8N2O3S2/c10-1-2-14-7-6(13)3-5(4-8-7)9(11)12/h3-4,10,13H,1-2H2. The van der Waals surface area contributed by atoms with E-state index in [1.165, 1.54) is 24.0 Å². The van der Waals surface area contributed by atoms with Gasteiger partial charge >= 0.3 is 0 Å². The van der Waals surface area contributed by atoms with Crippen molar-refractivity contribution in [3.63, 3.8) is 0 Å². The van der Waals surface area contributed by atoms with E-state index >= 15 is 0 Å². The van der Waals surface area contributed by atoms with Crippen LogP contribution in [0.1, 0.15) is 0 Å². The number of hydrogen-bond acceptors (Lipinski definition) is 6. The molecule has 14 heavy (non-hydrogen) atoms. The van der Waals surface area contributed by atoms with Crippen molar-refractivity contribution in [1.82, 2.24) is 4.98 Å². The van der Waals surface area contributed by atoms with Gasteiger partial charge in [0.05, 0.1) is 11.5 Å². The Balaban J connectivity index is 2.84. The Labute approximate surface area is 90.1 Å². The number of thiol groups is 1. The van der Waals surface area contributed by atoms with Crippen molar-refractivity contribution in [2.24, 2.45) is 0 Å². The zero-order valence-corrected chi connectivity index (χ0v) is 8.79. The predicted molar refractivity (Wildman–Crippen MR) is 56.0 cm³/mol. The molecule has 5 nitrogen and oxygen atoms in total. The van der Waals surface area contributed by atoms with Gasteiger partial charge < -0.3 is 5.11 Å². The third kappa shape index (κ3) is 2.86. The van der Waals surface area contributed by atoms with Gasteiger partial charge in [0.1, 0.15) is 11.2 Å². The normalized spacial score (nSPS) is 10.1. The van der Waals surface area contributed by atoms with Crippen molar-refractivity contribution >= 4 is 30.1 Å². The van der Waals surface area contributed by atoms with E-state index in [0.717, 1.165) is 0 Å². The van der Waals surface area contributed by atoms with E-state index in [9.17, 15) is 10.1 Å². The smallest absolute Gasteiger partial charge is 0.288 e. The van der Waals surface area contributed by atoms with Crippen molar-refractivity contribution in [3.05, 3.63) is 22.4 Å². The summed E-state index contributed by atoms with van der Waals surface area (Å²) >= 11 is 5.37. The lowest BCUT2D eigenvalue weighted by Crippen LogP contribution is -1.93. The lowest BCUT2D eigenvalue weighted by atomic mass is 10.4. The van der Waals surface area contributed by atoms with Gasteiger partial charge in [0.2, 0.25) is 0 Å². The number of pyridine rings is 1. The van der Waals surface area contributed by atoms with E-state index in [1.54, 1.807) is 0 Å². The van der Waals surface area contributed by atoms with Crippen molar-refractivity contribution < 1.29 is 10.0 Å². The number of rotatable bonds is 4. The summed E-state index contributed by atoms with van der Waals surface area (Å²) in [5, 5.41) is 19.5. The van der Waals surface area contributed by atoms with Crippen LogP contribution in [-0.4, -0.2) is 27.4 Å². The first-order chi connectivity index (χ1) is 6.65. The first-order valence-electron chi connectivity index (χ1n) is 3.72. The maximum Gasteiger partial charge on any atom is 0.288 e. The number of nitrogens with zero attached hydrogens (tertiary/aromatic N) is 2. The summed E-state index contributed by atoms with van der Waals surface area (Å²) < 4.78 is 0. The summed E-state index contributed by atoms with van der Waals surface area (Å²) in [5.41, 5.74) is -0.0802. The number of thioether (sulfide) groups is 1. The molecule has 76 valence electrons. The zero-order valence-electron chi connectivity index (χ0n) is 7.08. The zero-order chi connectivity index (χ0) is 10.6. The van der Waals surface area contributed by atoms with Crippen LogP contribution < -0.4 is 0 Å². The highest BCUT2D eigenvalue weighted by molar-refractivity contribution is 7.99. The van der Waals surface area contributed by atoms with Crippen molar-refractivity contribution in [2.45, 2.75) is 9.92 Å². The first-order valence-corrected chi connectivity index (χ1v) is 5.15. The SMILES string of the molecule is O=[N+]([O-])c1cnc(SCCO)c(S)c1. The van der Waals surface area contributed by atoms with Crippen LogP contribution >= 0.6 is 24.4 Å². The van der Waals surface area contributed by atoms with Crippen LogP contribution in [0.4, 0.5) is 5.69 Å². The average Bonchev–Trinajstić information content (AvgIpc) is 2.15. The van der Waals surface area contributed by atoms with E-state index < -0.39 is 4.92 Å². The molecule has 0 bridgehead atoms. The van der Waals surface area contributed by atoms with Crippen LogP contribution in [0, 0.1) is 10.1 Å². The van der Waals surface area contributed by atoms with Crippen LogP contribution in [0.3, 0.4) is 0 Å². The molecule has 0 aliphatic rings. The van der Waals surface area contributed by atoms with Gasteiger partial charge in [0, 0.05) is 16.7 Å². The second-order valence-corrected chi connectivity index (χ2v) is 3.91. The van der Waals surface area contributed by atoms with Gasteiger partial charge in [0.25, 0.3) is 5.69 Å². The molecular formula is C7H8N2O3S2. The van der Waals surface area contributed by atoms with Crippen molar-refractivity contribution in [1.29, 1.82) is 0 Å².